The van der Waals surface area contributed by atoms with E-state index < -0.39 is 17.7 Å². The Balaban J connectivity index is 1.43. The molecule has 0 atom stereocenters. The molecular formula is C19H13N3O3S. The van der Waals surface area contributed by atoms with Gasteiger partial charge in [0.15, 0.2) is 0 Å². The number of nitrogens with one attached hydrogen (secondary N) is 1. The van der Waals surface area contributed by atoms with Crippen molar-refractivity contribution in [2.24, 2.45) is 0 Å². The van der Waals surface area contributed by atoms with Crippen molar-refractivity contribution in [1.82, 2.24) is 9.88 Å². The maximum Gasteiger partial charge on any atom is 0.262 e. The Hall–Kier alpha value is -3.32. The molecule has 0 aliphatic carbocycles. The molecule has 0 fully saturated rings. The van der Waals surface area contributed by atoms with E-state index in [-0.39, 0.29) is 6.54 Å². The number of benzene rings is 2. The minimum atomic E-state index is -0.445. The van der Waals surface area contributed by atoms with Gasteiger partial charge in [0.05, 0.1) is 11.1 Å². The van der Waals surface area contributed by atoms with Crippen LogP contribution >= 0.6 is 11.3 Å². The van der Waals surface area contributed by atoms with E-state index in [9.17, 15) is 14.4 Å². The number of nitrogens with zero attached hydrogens (tertiary/aromatic N) is 2. The highest BCUT2D eigenvalue weighted by Crippen LogP contribution is 2.24. The maximum atomic E-state index is 12.3. The zero-order valence-corrected chi connectivity index (χ0v) is 14.3. The van der Waals surface area contributed by atoms with Gasteiger partial charge < -0.3 is 5.32 Å². The standard InChI is InChI=1S/C19H13N3O3S/c23-16(11-22-18(24)14-3-1-2-4-15(14)19(22)25)21-13-7-5-12(6-8-13)17-20-9-10-26-17/h1-10H,11H2,(H,21,23). The molecule has 1 aliphatic rings. The lowest BCUT2D eigenvalue weighted by atomic mass is 10.1. The first-order valence-corrected chi connectivity index (χ1v) is 8.76. The van der Waals surface area contributed by atoms with Crippen molar-refractivity contribution in [2.45, 2.75) is 0 Å². The minimum absolute atomic E-state index is 0.319. The molecule has 6 nitrogen and oxygen atoms in total. The van der Waals surface area contributed by atoms with Gasteiger partial charge in [0, 0.05) is 22.8 Å². The van der Waals surface area contributed by atoms with Crippen LogP contribution in [0.5, 0.6) is 0 Å². The monoisotopic (exact) mass is 363 g/mol. The molecule has 0 spiro atoms. The van der Waals surface area contributed by atoms with E-state index in [0.717, 1.165) is 15.5 Å². The van der Waals surface area contributed by atoms with E-state index in [4.69, 9.17) is 0 Å². The van der Waals surface area contributed by atoms with Gasteiger partial charge in [-0.2, -0.15) is 0 Å². The normalized spacial score (nSPS) is 13.0. The fourth-order valence-corrected chi connectivity index (χ4v) is 3.43. The van der Waals surface area contributed by atoms with Crippen LogP contribution in [0.25, 0.3) is 10.6 Å². The van der Waals surface area contributed by atoms with Gasteiger partial charge in [-0.05, 0) is 36.4 Å². The van der Waals surface area contributed by atoms with E-state index in [2.05, 4.69) is 10.3 Å². The second kappa shape index (κ2) is 6.53. The predicted octanol–water partition coefficient (Wildman–Crippen LogP) is 3.04. The number of hydrogen-bond donors (Lipinski definition) is 1. The van der Waals surface area contributed by atoms with Crippen LogP contribution in [0.2, 0.25) is 0 Å². The third-order valence-corrected chi connectivity index (χ3v) is 4.85. The summed E-state index contributed by atoms with van der Waals surface area (Å²) < 4.78 is 0. The summed E-state index contributed by atoms with van der Waals surface area (Å²) in [5.41, 5.74) is 2.21. The van der Waals surface area contributed by atoms with Crippen molar-refractivity contribution in [3.63, 3.8) is 0 Å². The maximum absolute atomic E-state index is 12.3. The molecule has 0 radical (unpaired) electrons. The Kier molecular flexibility index (Phi) is 4.06. The molecule has 0 bridgehead atoms. The molecule has 2 aromatic carbocycles. The fourth-order valence-electron chi connectivity index (χ4n) is 2.79. The predicted molar refractivity (Wildman–Crippen MR) is 98.0 cm³/mol. The van der Waals surface area contributed by atoms with Gasteiger partial charge in [-0.3, -0.25) is 19.3 Å². The summed E-state index contributed by atoms with van der Waals surface area (Å²) in [5, 5.41) is 5.50. The van der Waals surface area contributed by atoms with Crippen molar-refractivity contribution >= 4 is 34.7 Å². The summed E-state index contributed by atoms with van der Waals surface area (Å²) in [4.78, 5) is 42.0. The van der Waals surface area contributed by atoms with Crippen LogP contribution in [-0.4, -0.2) is 34.2 Å². The molecule has 4 rings (SSSR count). The molecule has 3 amide bonds. The average Bonchev–Trinajstić information content (AvgIpc) is 3.27. The summed E-state index contributed by atoms with van der Waals surface area (Å²) in [5.74, 6) is -1.32. The van der Waals surface area contributed by atoms with Crippen LogP contribution in [-0.2, 0) is 4.79 Å². The van der Waals surface area contributed by atoms with Gasteiger partial charge in [0.1, 0.15) is 11.6 Å². The van der Waals surface area contributed by atoms with Gasteiger partial charge in [-0.1, -0.05) is 12.1 Å². The molecule has 3 aromatic rings. The summed E-state index contributed by atoms with van der Waals surface area (Å²) >= 11 is 1.53. The first kappa shape index (κ1) is 16.2. The number of hydrogen-bond acceptors (Lipinski definition) is 5. The van der Waals surface area contributed by atoms with Gasteiger partial charge in [-0.15, -0.1) is 11.3 Å². The Bertz CT molecular complexity index is 962. The van der Waals surface area contributed by atoms with Crippen LogP contribution in [0.1, 0.15) is 20.7 Å². The van der Waals surface area contributed by atoms with Crippen LogP contribution in [0.3, 0.4) is 0 Å². The second-order valence-electron chi connectivity index (χ2n) is 5.70. The second-order valence-corrected chi connectivity index (χ2v) is 6.60. The molecule has 1 aromatic heterocycles. The van der Waals surface area contributed by atoms with Crippen LogP contribution in [0.4, 0.5) is 5.69 Å². The van der Waals surface area contributed by atoms with E-state index in [1.165, 1.54) is 11.3 Å². The zero-order chi connectivity index (χ0) is 18.1. The topological polar surface area (TPSA) is 79.4 Å². The number of carbonyl (C=O) groups is 3. The van der Waals surface area contributed by atoms with Crippen molar-refractivity contribution in [3.8, 4) is 10.6 Å². The first-order valence-electron chi connectivity index (χ1n) is 7.88. The lowest BCUT2D eigenvalue weighted by Crippen LogP contribution is -2.37. The molecule has 7 heteroatoms. The molecule has 1 aliphatic heterocycles. The number of fused-ring (bicyclic) bond motifs is 1. The van der Waals surface area contributed by atoms with Crippen LogP contribution < -0.4 is 5.32 Å². The number of carbonyl (C=O) groups excluding carboxylic acids is 3. The van der Waals surface area contributed by atoms with Gasteiger partial charge >= 0.3 is 0 Å². The third kappa shape index (κ3) is 2.89. The Morgan fingerprint density at radius 1 is 1.00 bits per heavy atom. The van der Waals surface area contributed by atoms with E-state index >= 15 is 0 Å². The van der Waals surface area contributed by atoms with Crippen molar-refractivity contribution in [2.75, 3.05) is 11.9 Å². The fraction of sp³-hybridized carbons (Fsp3) is 0.0526. The summed E-state index contributed by atoms with van der Waals surface area (Å²) in [7, 11) is 0. The van der Waals surface area contributed by atoms with Crippen LogP contribution in [0, 0.1) is 0 Å². The van der Waals surface area contributed by atoms with E-state index in [1.807, 2.05) is 17.5 Å². The molecular weight excluding hydrogens is 350 g/mol. The van der Waals surface area contributed by atoms with Gasteiger partial charge in [0.25, 0.3) is 11.8 Å². The molecule has 1 N–H and O–H groups in total. The van der Waals surface area contributed by atoms with Crippen molar-refractivity contribution in [1.29, 1.82) is 0 Å². The third-order valence-electron chi connectivity index (χ3n) is 4.03. The lowest BCUT2D eigenvalue weighted by Gasteiger charge is -2.13. The molecule has 128 valence electrons. The average molecular weight is 363 g/mol. The smallest absolute Gasteiger partial charge is 0.262 e. The van der Waals surface area contributed by atoms with Crippen LogP contribution in [0.15, 0.2) is 60.1 Å². The zero-order valence-electron chi connectivity index (χ0n) is 13.5. The first-order chi connectivity index (χ1) is 12.6. The minimum Gasteiger partial charge on any atom is -0.325 e. The Morgan fingerprint density at radius 2 is 1.65 bits per heavy atom. The number of thiazole rings is 1. The Morgan fingerprint density at radius 3 is 2.23 bits per heavy atom. The SMILES string of the molecule is O=C(CN1C(=O)c2ccccc2C1=O)Nc1ccc(-c2nccs2)cc1. The summed E-state index contributed by atoms with van der Waals surface area (Å²) in [6, 6.07) is 13.8. The number of rotatable bonds is 4. The highest BCUT2D eigenvalue weighted by atomic mass is 32.1. The lowest BCUT2D eigenvalue weighted by molar-refractivity contribution is -0.116. The summed E-state index contributed by atoms with van der Waals surface area (Å²) in [6.07, 6.45) is 1.73. The molecule has 0 saturated carbocycles. The molecule has 2 heterocycles. The Labute approximate surface area is 153 Å². The molecule has 0 saturated heterocycles. The number of anilines is 1. The van der Waals surface area contributed by atoms with E-state index in [0.29, 0.717) is 16.8 Å². The van der Waals surface area contributed by atoms with Crippen molar-refractivity contribution in [3.05, 3.63) is 71.2 Å². The number of amides is 3. The number of imide groups is 1. The van der Waals surface area contributed by atoms with Gasteiger partial charge in [-0.25, -0.2) is 4.98 Å². The van der Waals surface area contributed by atoms with Crippen molar-refractivity contribution < 1.29 is 14.4 Å². The van der Waals surface area contributed by atoms with Gasteiger partial charge in [0.2, 0.25) is 5.91 Å². The summed E-state index contributed by atoms with van der Waals surface area (Å²) in [6.45, 7) is -0.319. The quantitative estimate of drug-likeness (QED) is 0.723. The molecule has 0 unspecified atom stereocenters. The molecule has 26 heavy (non-hydrogen) atoms. The highest BCUT2D eigenvalue weighted by molar-refractivity contribution is 7.13. The largest absolute Gasteiger partial charge is 0.325 e. The number of aromatic nitrogens is 1. The highest BCUT2D eigenvalue weighted by Gasteiger charge is 2.36. The van der Waals surface area contributed by atoms with E-state index in [1.54, 1.807) is 42.6 Å².